The van der Waals surface area contributed by atoms with E-state index in [4.69, 9.17) is 5.11 Å². The molecule has 1 rings (SSSR count). The highest BCUT2D eigenvalue weighted by atomic mass is 79.9. The van der Waals surface area contributed by atoms with Crippen LogP contribution in [-0.4, -0.2) is 10.1 Å². The van der Waals surface area contributed by atoms with Gasteiger partial charge in [-0.25, -0.2) is 13.8 Å². The fourth-order valence-corrected chi connectivity index (χ4v) is 1.15. The SMILES string of the molecule is Oc1cnc(F)c(Br)c1C(F)F. The molecule has 0 aliphatic heterocycles. The summed E-state index contributed by atoms with van der Waals surface area (Å²) in [5.74, 6) is -1.79. The molecule has 0 aliphatic rings. The van der Waals surface area contributed by atoms with Gasteiger partial charge < -0.3 is 5.11 Å². The molecule has 0 fully saturated rings. The number of pyridine rings is 1. The number of aromatic nitrogens is 1. The minimum atomic E-state index is -2.93. The van der Waals surface area contributed by atoms with Crippen LogP contribution in [0.4, 0.5) is 13.2 Å². The fourth-order valence-electron chi connectivity index (χ4n) is 0.675. The highest BCUT2D eigenvalue weighted by Crippen LogP contribution is 2.34. The number of alkyl halides is 2. The first-order chi connectivity index (χ1) is 5.54. The molecule has 1 aromatic heterocycles. The third-order valence-corrected chi connectivity index (χ3v) is 1.97. The van der Waals surface area contributed by atoms with Crippen LogP contribution < -0.4 is 0 Å². The molecule has 0 atom stereocenters. The van der Waals surface area contributed by atoms with Crippen LogP contribution in [0.25, 0.3) is 0 Å². The molecule has 0 amide bonds. The average Bonchev–Trinajstić information content (AvgIpc) is 1.97. The summed E-state index contributed by atoms with van der Waals surface area (Å²) in [6.45, 7) is 0. The van der Waals surface area contributed by atoms with Crippen LogP contribution in [0.5, 0.6) is 5.75 Å². The second-order valence-corrected chi connectivity index (χ2v) is 2.76. The predicted molar refractivity (Wildman–Crippen MR) is 38.5 cm³/mol. The molecule has 66 valence electrons. The Morgan fingerprint density at radius 3 is 2.50 bits per heavy atom. The summed E-state index contributed by atoms with van der Waals surface area (Å²) in [7, 11) is 0. The molecule has 2 nitrogen and oxygen atoms in total. The fraction of sp³-hybridized carbons (Fsp3) is 0.167. The lowest BCUT2D eigenvalue weighted by molar-refractivity contribution is 0.145. The lowest BCUT2D eigenvalue weighted by Crippen LogP contribution is -1.93. The summed E-state index contributed by atoms with van der Waals surface area (Å²) in [6.07, 6.45) is -2.29. The number of rotatable bonds is 1. The van der Waals surface area contributed by atoms with E-state index in [1.54, 1.807) is 0 Å². The largest absolute Gasteiger partial charge is 0.506 e. The second-order valence-electron chi connectivity index (χ2n) is 1.96. The van der Waals surface area contributed by atoms with Crippen molar-refractivity contribution in [1.82, 2.24) is 4.98 Å². The van der Waals surface area contributed by atoms with Gasteiger partial charge in [-0.1, -0.05) is 0 Å². The van der Waals surface area contributed by atoms with Crippen LogP contribution in [0.3, 0.4) is 0 Å². The zero-order chi connectivity index (χ0) is 9.30. The van der Waals surface area contributed by atoms with E-state index >= 15 is 0 Å². The summed E-state index contributed by atoms with van der Waals surface area (Å²) < 4.78 is 36.2. The standard InChI is InChI=1S/C6H3BrF3NO/c7-4-3(5(8)9)2(12)1-11-6(4)10/h1,5,12H. The van der Waals surface area contributed by atoms with Gasteiger partial charge in [0.1, 0.15) is 5.75 Å². The van der Waals surface area contributed by atoms with Crippen molar-refractivity contribution < 1.29 is 18.3 Å². The Morgan fingerprint density at radius 2 is 2.08 bits per heavy atom. The van der Waals surface area contributed by atoms with Gasteiger partial charge in [0, 0.05) is 0 Å². The molecule has 6 heteroatoms. The number of aromatic hydroxyl groups is 1. The lowest BCUT2D eigenvalue weighted by atomic mass is 10.2. The molecule has 0 spiro atoms. The predicted octanol–water partition coefficient (Wildman–Crippen LogP) is 2.63. The zero-order valence-corrected chi connectivity index (χ0v) is 7.15. The molecular formula is C6H3BrF3NO. The van der Waals surface area contributed by atoms with Gasteiger partial charge in [-0.3, -0.25) is 0 Å². The highest BCUT2D eigenvalue weighted by molar-refractivity contribution is 9.10. The third-order valence-electron chi connectivity index (χ3n) is 1.21. The van der Waals surface area contributed by atoms with Crippen molar-refractivity contribution in [2.24, 2.45) is 0 Å². The molecule has 0 unspecified atom stereocenters. The second kappa shape index (κ2) is 3.30. The van der Waals surface area contributed by atoms with Crippen molar-refractivity contribution in [3.63, 3.8) is 0 Å². The lowest BCUT2D eigenvalue weighted by Gasteiger charge is -2.04. The van der Waals surface area contributed by atoms with E-state index < -0.39 is 28.2 Å². The number of nitrogens with zero attached hydrogens (tertiary/aromatic N) is 1. The quantitative estimate of drug-likeness (QED) is 0.768. The van der Waals surface area contributed by atoms with Crippen LogP contribution in [0.1, 0.15) is 12.0 Å². The van der Waals surface area contributed by atoms with Gasteiger partial charge in [0.25, 0.3) is 6.43 Å². The van der Waals surface area contributed by atoms with Crippen molar-refractivity contribution in [2.45, 2.75) is 6.43 Å². The van der Waals surface area contributed by atoms with E-state index in [0.717, 1.165) is 0 Å². The van der Waals surface area contributed by atoms with Crippen molar-refractivity contribution in [3.8, 4) is 5.75 Å². The van der Waals surface area contributed by atoms with Gasteiger partial charge in [0.15, 0.2) is 0 Å². The zero-order valence-electron chi connectivity index (χ0n) is 5.56. The van der Waals surface area contributed by atoms with Crippen molar-refractivity contribution in [1.29, 1.82) is 0 Å². The van der Waals surface area contributed by atoms with E-state index in [9.17, 15) is 13.2 Å². The number of hydrogen-bond acceptors (Lipinski definition) is 2. The van der Waals surface area contributed by atoms with E-state index in [-0.39, 0.29) is 0 Å². The topological polar surface area (TPSA) is 33.1 Å². The van der Waals surface area contributed by atoms with Gasteiger partial charge in [0.05, 0.1) is 16.2 Å². The molecule has 1 N–H and O–H groups in total. The normalized spacial score (nSPS) is 10.8. The summed E-state index contributed by atoms with van der Waals surface area (Å²) in [4.78, 5) is 3.02. The maximum Gasteiger partial charge on any atom is 0.268 e. The molecule has 1 aromatic rings. The van der Waals surface area contributed by atoms with Gasteiger partial charge in [-0.05, 0) is 15.9 Å². The smallest absolute Gasteiger partial charge is 0.268 e. The minimum Gasteiger partial charge on any atom is -0.506 e. The molecule has 0 saturated carbocycles. The van der Waals surface area contributed by atoms with Crippen molar-refractivity contribution in [2.75, 3.05) is 0 Å². The first-order valence-electron chi connectivity index (χ1n) is 2.85. The van der Waals surface area contributed by atoms with E-state index in [1.165, 1.54) is 0 Å². The van der Waals surface area contributed by atoms with Gasteiger partial charge in [-0.2, -0.15) is 4.39 Å². The van der Waals surface area contributed by atoms with Crippen LogP contribution in [0.15, 0.2) is 10.7 Å². The summed E-state index contributed by atoms with van der Waals surface area (Å²) >= 11 is 2.55. The van der Waals surface area contributed by atoms with Crippen LogP contribution in [0, 0.1) is 5.95 Å². The van der Waals surface area contributed by atoms with Gasteiger partial charge in [0.2, 0.25) is 5.95 Å². The third kappa shape index (κ3) is 1.52. The average molecular weight is 242 g/mol. The first-order valence-corrected chi connectivity index (χ1v) is 3.64. The molecular weight excluding hydrogens is 239 g/mol. The Bertz CT molecular complexity index is 305. The molecule has 0 aromatic carbocycles. The Kier molecular flexibility index (Phi) is 2.56. The molecule has 0 bridgehead atoms. The maximum absolute atomic E-state index is 12.5. The van der Waals surface area contributed by atoms with Gasteiger partial charge in [-0.15, -0.1) is 0 Å². The molecule has 0 radical (unpaired) electrons. The summed E-state index contributed by atoms with van der Waals surface area (Å²) in [6, 6.07) is 0. The molecule has 0 aliphatic carbocycles. The monoisotopic (exact) mass is 241 g/mol. The number of halogens is 4. The van der Waals surface area contributed by atoms with E-state index in [0.29, 0.717) is 6.20 Å². The first kappa shape index (κ1) is 9.31. The summed E-state index contributed by atoms with van der Waals surface area (Å²) in [5, 5.41) is 8.85. The Morgan fingerprint density at radius 1 is 1.50 bits per heavy atom. The minimum absolute atomic E-state index is 0.502. The maximum atomic E-state index is 12.5. The number of hydrogen-bond donors (Lipinski definition) is 1. The Hall–Kier alpha value is -0.780. The Balaban J connectivity index is 3.33. The van der Waals surface area contributed by atoms with Crippen molar-refractivity contribution in [3.05, 3.63) is 22.2 Å². The summed E-state index contributed by atoms with van der Waals surface area (Å²) in [5.41, 5.74) is -0.775. The van der Waals surface area contributed by atoms with Gasteiger partial charge >= 0.3 is 0 Å². The molecule has 0 saturated heterocycles. The van der Waals surface area contributed by atoms with E-state index in [2.05, 4.69) is 20.9 Å². The van der Waals surface area contributed by atoms with E-state index in [1.807, 2.05) is 0 Å². The van der Waals surface area contributed by atoms with Crippen LogP contribution in [0.2, 0.25) is 0 Å². The highest BCUT2D eigenvalue weighted by Gasteiger charge is 2.20. The Labute approximate surface area is 74.2 Å². The molecule has 1 heterocycles. The van der Waals surface area contributed by atoms with Crippen LogP contribution in [-0.2, 0) is 0 Å². The van der Waals surface area contributed by atoms with Crippen molar-refractivity contribution >= 4 is 15.9 Å². The molecule has 12 heavy (non-hydrogen) atoms. The van der Waals surface area contributed by atoms with Crippen LogP contribution >= 0.6 is 15.9 Å².